The predicted octanol–water partition coefficient (Wildman–Crippen LogP) is 5.07. The van der Waals surface area contributed by atoms with Crippen LogP contribution in [0.5, 0.6) is 0 Å². The first-order chi connectivity index (χ1) is 6.41. The molecule has 0 aliphatic heterocycles. The van der Waals surface area contributed by atoms with E-state index in [0.717, 1.165) is 0 Å². The molecule has 0 unspecified atom stereocenters. The van der Waals surface area contributed by atoms with Gasteiger partial charge in [0.15, 0.2) is 0 Å². The molecule has 0 aromatic rings. The van der Waals surface area contributed by atoms with Gasteiger partial charge in [-0.3, -0.25) is 0 Å². The molecule has 0 nitrogen and oxygen atoms in total. The van der Waals surface area contributed by atoms with Gasteiger partial charge in [-0.25, -0.2) is 0 Å². The van der Waals surface area contributed by atoms with Crippen LogP contribution in [-0.2, 0) is 24.6 Å². The molecular formula is C12H26Hg. The van der Waals surface area contributed by atoms with Crippen LogP contribution in [0.25, 0.3) is 0 Å². The Morgan fingerprint density at radius 3 is 1.69 bits per heavy atom. The second kappa shape index (κ2) is 12.9. The van der Waals surface area contributed by atoms with Crippen LogP contribution in [0.1, 0.15) is 65.2 Å². The summed E-state index contributed by atoms with van der Waals surface area (Å²) in [7, 11) is 0. The molecule has 0 fully saturated rings. The Hall–Kier alpha value is 0.935. The van der Waals surface area contributed by atoms with Gasteiger partial charge in [0, 0.05) is 0 Å². The molecule has 0 amide bonds. The fourth-order valence-electron chi connectivity index (χ4n) is 1.74. The Labute approximate surface area is 97.3 Å². The van der Waals surface area contributed by atoms with Crippen LogP contribution in [0, 0.1) is 0 Å². The second-order valence-electron chi connectivity index (χ2n) is 4.18. The molecule has 0 aliphatic rings. The van der Waals surface area contributed by atoms with E-state index in [1.807, 2.05) is 0 Å². The van der Waals surface area contributed by atoms with E-state index in [9.17, 15) is 0 Å². The zero-order valence-electron chi connectivity index (χ0n) is 9.78. The topological polar surface area (TPSA) is 0 Å². The second-order valence-corrected chi connectivity index (χ2v) is 12.4. The normalized spacial score (nSPS) is 10.0. The quantitative estimate of drug-likeness (QED) is 0.372. The summed E-state index contributed by atoms with van der Waals surface area (Å²) in [6.45, 7) is 4.60. The van der Waals surface area contributed by atoms with E-state index in [1.54, 1.807) is 20.7 Å². The maximum atomic E-state index is 2.31. The fourth-order valence-corrected chi connectivity index (χ4v) is 8.61. The molecule has 0 bridgehead atoms. The van der Waals surface area contributed by atoms with E-state index in [-0.39, 0.29) is 24.6 Å². The molecule has 13 heavy (non-hydrogen) atoms. The summed E-state index contributed by atoms with van der Waals surface area (Å²) in [5, 5.41) is 0. The van der Waals surface area contributed by atoms with Gasteiger partial charge < -0.3 is 0 Å². The van der Waals surface area contributed by atoms with Gasteiger partial charge in [0.1, 0.15) is 0 Å². The van der Waals surface area contributed by atoms with Crippen molar-refractivity contribution in [1.82, 2.24) is 0 Å². The molecule has 0 aromatic carbocycles. The van der Waals surface area contributed by atoms with Crippen molar-refractivity contribution in [3.63, 3.8) is 0 Å². The van der Waals surface area contributed by atoms with Crippen molar-refractivity contribution in [2.24, 2.45) is 0 Å². The molecule has 0 spiro atoms. The molecule has 0 atom stereocenters. The summed E-state index contributed by atoms with van der Waals surface area (Å²) >= 11 is -0.316. The third kappa shape index (κ3) is 12.9. The number of rotatable bonds is 10. The van der Waals surface area contributed by atoms with Crippen LogP contribution in [0.3, 0.4) is 0 Å². The van der Waals surface area contributed by atoms with Gasteiger partial charge >= 0.3 is 97.6 Å². The third-order valence-corrected chi connectivity index (χ3v) is 10.5. The first-order valence-electron chi connectivity index (χ1n) is 6.41. The maximum absolute atomic E-state index is 2.31. The van der Waals surface area contributed by atoms with E-state index >= 15 is 0 Å². The molecule has 0 saturated carbocycles. The van der Waals surface area contributed by atoms with Crippen LogP contribution in [0.2, 0.25) is 7.86 Å². The molecule has 0 N–H and O–H groups in total. The average Bonchev–Trinajstić information content (AvgIpc) is 2.16. The summed E-state index contributed by atoms with van der Waals surface area (Å²) in [5.74, 6) is 0. The van der Waals surface area contributed by atoms with Gasteiger partial charge in [-0.15, -0.1) is 0 Å². The minimum absolute atomic E-state index is 0.316. The Bertz CT molecular complexity index is 71.2. The molecular weight excluding hydrogens is 345 g/mol. The summed E-state index contributed by atoms with van der Waals surface area (Å²) in [6.07, 6.45) is 11.9. The molecule has 76 valence electrons. The number of hydrogen-bond acceptors (Lipinski definition) is 0. The number of unbranched alkanes of at least 4 members (excludes halogenated alkanes) is 6. The molecule has 0 radical (unpaired) electrons. The van der Waals surface area contributed by atoms with Crippen molar-refractivity contribution in [3.8, 4) is 0 Å². The van der Waals surface area contributed by atoms with Crippen LogP contribution in [0.4, 0.5) is 0 Å². The van der Waals surface area contributed by atoms with Crippen molar-refractivity contribution < 1.29 is 24.6 Å². The van der Waals surface area contributed by atoms with E-state index in [2.05, 4.69) is 13.8 Å². The van der Waals surface area contributed by atoms with Crippen molar-refractivity contribution in [2.45, 2.75) is 73.1 Å². The Morgan fingerprint density at radius 1 is 0.615 bits per heavy atom. The monoisotopic (exact) mass is 372 g/mol. The van der Waals surface area contributed by atoms with Gasteiger partial charge in [-0.1, -0.05) is 0 Å². The Kier molecular flexibility index (Phi) is 13.9. The first-order valence-corrected chi connectivity index (χ1v) is 14.2. The van der Waals surface area contributed by atoms with Gasteiger partial charge in [-0.2, -0.15) is 0 Å². The molecule has 0 saturated heterocycles. The summed E-state index contributed by atoms with van der Waals surface area (Å²) in [6, 6.07) is 0. The molecule has 0 aromatic heterocycles. The standard InChI is InChI=1S/C7H15.C5H11.Hg/c1-3-5-7-6-4-2;1-3-5-4-2;/h1,3-7H2,2H3;1,3-5H2,2H3;. The fraction of sp³-hybridized carbons (Fsp3) is 1.00. The molecule has 1 heteroatoms. The van der Waals surface area contributed by atoms with Gasteiger partial charge in [0.25, 0.3) is 0 Å². The van der Waals surface area contributed by atoms with Crippen LogP contribution in [-0.4, -0.2) is 0 Å². The summed E-state index contributed by atoms with van der Waals surface area (Å²) in [5.41, 5.74) is 0. The van der Waals surface area contributed by atoms with Gasteiger partial charge in [0.05, 0.1) is 0 Å². The third-order valence-electron chi connectivity index (χ3n) is 2.71. The van der Waals surface area contributed by atoms with Crippen LogP contribution in [0.15, 0.2) is 0 Å². The molecule has 0 rings (SSSR count). The zero-order chi connectivity index (χ0) is 9.78. The number of hydrogen-bond donors (Lipinski definition) is 0. The van der Waals surface area contributed by atoms with E-state index in [4.69, 9.17) is 0 Å². The average molecular weight is 371 g/mol. The van der Waals surface area contributed by atoms with Crippen molar-refractivity contribution in [1.29, 1.82) is 0 Å². The Morgan fingerprint density at radius 2 is 1.08 bits per heavy atom. The van der Waals surface area contributed by atoms with Crippen LogP contribution >= 0.6 is 0 Å². The van der Waals surface area contributed by atoms with Crippen molar-refractivity contribution >= 4 is 0 Å². The van der Waals surface area contributed by atoms with Crippen LogP contribution < -0.4 is 0 Å². The van der Waals surface area contributed by atoms with E-state index < -0.39 is 0 Å². The van der Waals surface area contributed by atoms with Crippen molar-refractivity contribution in [3.05, 3.63) is 0 Å². The Balaban J connectivity index is 2.76. The molecule has 0 heterocycles. The van der Waals surface area contributed by atoms with E-state index in [1.165, 1.54) is 38.5 Å². The van der Waals surface area contributed by atoms with Crippen molar-refractivity contribution in [2.75, 3.05) is 0 Å². The summed E-state index contributed by atoms with van der Waals surface area (Å²) < 4.78 is 3.40. The van der Waals surface area contributed by atoms with Gasteiger partial charge in [0.2, 0.25) is 0 Å². The minimum atomic E-state index is -0.316. The molecule has 0 aliphatic carbocycles. The van der Waals surface area contributed by atoms with Gasteiger partial charge in [-0.05, 0) is 0 Å². The SMILES string of the molecule is CCCCCC[CH2][Hg][CH2]CCCC. The van der Waals surface area contributed by atoms with E-state index in [0.29, 0.717) is 0 Å². The zero-order valence-corrected chi connectivity index (χ0v) is 15.3. The first kappa shape index (κ1) is 13.9. The summed E-state index contributed by atoms with van der Waals surface area (Å²) in [4.78, 5) is 0. The predicted molar refractivity (Wildman–Crippen MR) is 57.9 cm³/mol.